The summed E-state index contributed by atoms with van der Waals surface area (Å²) in [6, 6.07) is 3.87. The average molecular weight is 241 g/mol. The van der Waals surface area contributed by atoms with E-state index in [1.165, 1.54) is 16.7 Å². The van der Waals surface area contributed by atoms with E-state index in [4.69, 9.17) is 23.2 Å². The number of hydrogen-bond acceptors (Lipinski definition) is 0. The lowest BCUT2D eigenvalue weighted by atomic mass is 9.83. The monoisotopic (exact) mass is 240 g/mol. The molecule has 0 fully saturated rings. The van der Waals surface area contributed by atoms with E-state index in [1.54, 1.807) is 0 Å². The standard InChI is InChI=1S/C13H14Cl2/c1-4-8-5-10-11(13(8,2)3)6-9(14)7-12(10)15/h4,6-7H,5H2,1-3H3. The first-order chi connectivity index (χ1) is 6.96. The predicted octanol–water partition coefficient (Wildman–Crippen LogP) is 4.77. The molecule has 1 aromatic rings. The zero-order chi connectivity index (χ0) is 11.2. The van der Waals surface area contributed by atoms with Crippen molar-refractivity contribution in [2.75, 3.05) is 0 Å². The highest BCUT2D eigenvalue weighted by Crippen LogP contribution is 2.46. The number of rotatable bonds is 0. The van der Waals surface area contributed by atoms with Crippen molar-refractivity contribution in [1.29, 1.82) is 0 Å². The van der Waals surface area contributed by atoms with Crippen molar-refractivity contribution < 1.29 is 0 Å². The van der Waals surface area contributed by atoms with Gasteiger partial charge < -0.3 is 0 Å². The molecule has 15 heavy (non-hydrogen) atoms. The molecule has 0 aliphatic heterocycles. The van der Waals surface area contributed by atoms with Crippen molar-refractivity contribution in [2.24, 2.45) is 0 Å². The topological polar surface area (TPSA) is 0 Å². The molecule has 80 valence electrons. The van der Waals surface area contributed by atoms with E-state index in [2.05, 4.69) is 26.8 Å². The van der Waals surface area contributed by atoms with Crippen LogP contribution < -0.4 is 0 Å². The van der Waals surface area contributed by atoms with E-state index in [9.17, 15) is 0 Å². The minimum atomic E-state index is 0.0681. The van der Waals surface area contributed by atoms with Gasteiger partial charge in [-0.3, -0.25) is 0 Å². The van der Waals surface area contributed by atoms with Gasteiger partial charge in [-0.1, -0.05) is 48.7 Å². The van der Waals surface area contributed by atoms with Gasteiger partial charge in [-0.2, -0.15) is 0 Å². The summed E-state index contributed by atoms with van der Waals surface area (Å²) in [7, 11) is 0. The number of hydrogen-bond donors (Lipinski definition) is 0. The lowest BCUT2D eigenvalue weighted by molar-refractivity contribution is 0.643. The molecule has 2 heteroatoms. The summed E-state index contributed by atoms with van der Waals surface area (Å²) in [5.41, 5.74) is 3.99. The molecule has 1 aliphatic rings. The maximum Gasteiger partial charge on any atom is 0.0459 e. The molecule has 2 rings (SSSR count). The molecule has 0 nitrogen and oxygen atoms in total. The molecule has 0 saturated carbocycles. The smallest absolute Gasteiger partial charge is 0.0459 e. The second-order valence-corrected chi connectivity index (χ2v) is 5.37. The lowest BCUT2D eigenvalue weighted by Gasteiger charge is -2.22. The summed E-state index contributed by atoms with van der Waals surface area (Å²) in [5.74, 6) is 0. The average Bonchev–Trinajstić information content (AvgIpc) is 2.39. The van der Waals surface area contributed by atoms with E-state index in [0.29, 0.717) is 0 Å². The molecule has 0 radical (unpaired) electrons. The fraction of sp³-hybridized carbons (Fsp3) is 0.385. The highest BCUT2D eigenvalue weighted by atomic mass is 35.5. The first-order valence-corrected chi connectivity index (χ1v) is 5.86. The third-order valence-corrected chi connectivity index (χ3v) is 3.91. The van der Waals surface area contributed by atoms with Gasteiger partial charge in [0.1, 0.15) is 0 Å². The molecule has 0 spiro atoms. The van der Waals surface area contributed by atoms with Gasteiger partial charge >= 0.3 is 0 Å². The molecule has 0 aromatic heterocycles. The van der Waals surface area contributed by atoms with Gasteiger partial charge in [0.25, 0.3) is 0 Å². The summed E-state index contributed by atoms with van der Waals surface area (Å²) >= 11 is 12.3. The maximum absolute atomic E-state index is 6.21. The largest absolute Gasteiger partial charge is 0.0872 e. The summed E-state index contributed by atoms with van der Waals surface area (Å²) in [6.45, 7) is 6.53. The highest BCUT2D eigenvalue weighted by molar-refractivity contribution is 6.35. The van der Waals surface area contributed by atoms with Crippen LogP contribution in [0.3, 0.4) is 0 Å². The van der Waals surface area contributed by atoms with Crippen molar-refractivity contribution in [3.63, 3.8) is 0 Å². The molecule has 1 aromatic carbocycles. The molecule has 0 atom stereocenters. The summed E-state index contributed by atoms with van der Waals surface area (Å²) in [6.07, 6.45) is 3.14. The zero-order valence-electron chi connectivity index (χ0n) is 9.20. The van der Waals surface area contributed by atoms with Gasteiger partial charge in [-0.05, 0) is 36.6 Å². The highest BCUT2D eigenvalue weighted by Gasteiger charge is 2.35. The molecule has 0 amide bonds. The van der Waals surface area contributed by atoms with Crippen LogP contribution >= 0.6 is 23.2 Å². The predicted molar refractivity (Wildman–Crippen MR) is 66.9 cm³/mol. The Hall–Kier alpha value is -0.460. The van der Waals surface area contributed by atoms with Crippen molar-refractivity contribution in [3.05, 3.63) is 45.0 Å². The van der Waals surface area contributed by atoms with Crippen LogP contribution in [0.2, 0.25) is 10.0 Å². The van der Waals surface area contributed by atoms with Crippen LogP contribution in [0, 0.1) is 0 Å². The fourth-order valence-corrected chi connectivity index (χ4v) is 2.95. The molecular formula is C13H14Cl2. The molecule has 0 N–H and O–H groups in total. The van der Waals surface area contributed by atoms with Crippen LogP contribution in [0.15, 0.2) is 23.8 Å². The van der Waals surface area contributed by atoms with Crippen LogP contribution in [0.5, 0.6) is 0 Å². The van der Waals surface area contributed by atoms with Crippen LogP contribution in [0.4, 0.5) is 0 Å². The van der Waals surface area contributed by atoms with Gasteiger partial charge in [0.2, 0.25) is 0 Å². The van der Waals surface area contributed by atoms with Crippen LogP contribution in [-0.4, -0.2) is 0 Å². The Kier molecular flexibility index (Phi) is 2.60. The fourth-order valence-electron chi connectivity index (χ4n) is 2.39. The molecule has 0 unspecified atom stereocenters. The molecule has 0 saturated heterocycles. The second-order valence-electron chi connectivity index (χ2n) is 4.53. The first-order valence-electron chi connectivity index (χ1n) is 5.11. The molecule has 1 aliphatic carbocycles. The van der Waals surface area contributed by atoms with Crippen molar-refractivity contribution in [3.8, 4) is 0 Å². The van der Waals surface area contributed by atoms with Crippen molar-refractivity contribution in [2.45, 2.75) is 32.6 Å². The second kappa shape index (κ2) is 3.54. The Balaban J connectivity index is 2.69. The Morgan fingerprint density at radius 3 is 2.53 bits per heavy atom. The molecule has 0 heterocycles. The van der Waals surface area contributed by atoms with Crippen LogP contribution in [0.1, 0.15) is 31.9 Å². The lowest BCUT2D eigenvalue weighted by Crippen LogP contribution is -2.15. The first kappa shape index (κ1) is 11.0. The van der Waals surface area contributed by atoms with E-state index >= 15 is 0 Å². The Morgan fingerprint density at radius 2 is 1.93 bits per heavy atom. The van der Waals surface area contributed by atoms with Gasteiger partial charge in [0, 0.05) is 15.5 Å². The number of allylic oxidation sites excluding steroid dienone is 2. The molecule has 0 bridgehead atoms. The minimum Gasteiger partial charge on any atom is -0.0872 e. The van der Waals surface area contributed by atoms with Gasteiger partial charge in [0.05, 0.1) is 0 Å². The van der Waals surface area contributed by atoms with Gasteiger partial charge in [-0.15, -0.1) is 0 Å². The van der Waals surface area contributed by atoms with E-state index in [-0.39, 0.29) is 5.41 Å². The Bertz CT molecular complexity index is 442. The minimum absolute atomic E-state index is 0.0681. The third-order valence-electron chi connectivity index (χ3n) is 3.35. The summed E-state index contributed by atoms with van der Waals surface area (Å²) < 4.78 is 0. The Labute approximate surface area is 101 Å². The summed E-state index contributed by atoms with van der Waals surface area (Å²) in [5, 5.41) is 1.52. The SMILES string of the molecule is CC=C1Cc2c(Cl)cc(Cl)cc2C1(C)C. The number of halogens is 2. The Morgan fingerprint density at radius 1 is 1.27 bits per heavy atom. The van der Waals surface area contributed by atoms with E-state index in [1.807, 2.05) is 12.1 Å². The van der Waals surface area contributed by atoms with Crippen LogP contribution in [0.25, 0.3) is 0 Å². The number of fused-ring (bicyclic) bond motifs is 1. The number of benzene rings is 1. The normalized spacial score (nSPS) is 20.7. The van der Waals surface area contributed by atoms with Crippen molar-refractivity contribution in [1.82, 2.24) is 0 Å². The zero-order valence-corrected chi connectivity index (χ0v) is 10.7. The maximum atomic E-state index is 6.21. The quantitative estimate of drug-likeness (QED) is 0.574. The molecular weight excluding hydrogens is 227 g/mol. The van der Waals surface area contributed by atoms with Gasteiger partial charge in [0.15, 0.2) is 0 Å². The van der Waals surface area contributed by atoms with E-state index in [0.717, 1.165) is 16.5 Å². The summed E-state index contributed by atoms with van der Waals surface area (Å²) in [4.78, 5) is 0. The van der Waals surface area contributed by atoms with Crippen LogP contribution in [-0.2, 0) is 11.8 Å². The van der Waals surface area contributed by atoms with E-state index < -0.39 is 0 Å². The third kappa shape index (κ3) is 1.60. The van der Waals surface area contributed by atoms with Gasteiger partial charge in [-0.25, -0.2) is 0 Å². The van der Waals surface area contributed by atoms with Crippen molar-refractivity contribution >= 4 is 23.2 Å².